The highest BCUT2D eigenvalue weighted by Gasteiger charge is 2.14. The quantitative estimate of drug-likeness (QED) is 0.836. The molecule has 0 saturated heterocycles. The van der Waals surface area contributed by atoms with Crippen LogP contribution in [0.4, 0.5) is 4.39 Å². The highest BCUT2D eigenvalue weighted by Crippen LogP contribution is 2.18. The van der Waals surface area contributed by atoms with E-state index in [1.807, 2.05) is 0 Å². The van der Waals surface area contributed by atoms with Crippen LogP contribution < -0.4 is 5.32 Å². The van der Waals surface area contributed by atoms with E-state index in [9.17, 15) is 9.18 Å². The zero-order valence-corrected chi connectivity index (χ0v) is 11.4. The second kappa shape index (κ2) is 6.71. The molecule has 1 saturated carbocycles. The van der Waals surface area contributed by atoms with Gasteiger partial charge in [0, 0.05) is 12.1 Å². The van der Waals surface area contributed by atoms with Crippen molar-refractivity contribution >= 4 is 23.6 Å². The number of carbonyl (C=O) groups excluding carboxylic acids is 1. The van der Waals surface area contributed by atoms with Gasteiger partial charge in [0.1, 0.15) is 5.82 Å². The molecule has 102 valence electrons. The van der Waals surface area contributed by atoms with Crippen molar-refractivity contribution in [1.29, 1.82) is 0 Å². The molecule has 0 bridgehead atoms. The Labute approximate surface area is 117 Å². The summed E-state index contributed by atoms with van der Waals surface area (Å²) in [6, 6.07) is 4.68. The lowest BCUT2D eigenvalue weighted by atomic mass is 9.95. The first-order valence-electron chi connectivity index (χ1n) is 6.59. The maximum absolute atomic E-state index is 13.0. The third kappa shape index (κ3) is 4.35. The van der Waals surface area contributed by atoms with E-state index in [1.54, 1.807) is 12.1 Å². The van der Waals surface area contributed by atoms with Crippen LogP contribution in [0.25, 0.3) is 6.08 Å². The van der Waals surface area contributed by atoms with Crippen LogP contribution in [-0.2, 0) is 4.79 Å². The van der Waals surface area contributed by atoms with Gasteiger partial charge in [0.25, 0.3) is 0 Å². The van der Waals surface area contributed by atoms with E-state index >= 15 is 0 Å². The number of amides is 1. The van der Waals surface area contributed by atoms with E-state index in [-0.39, 0.29) is 10.9 Å². The molecule has 0 unspecified atom stereocenters. The number of carbonyl (C=O) groups is 1. The van der Waals surface area contributed by atoms with Gasteiger partial charge in [-0.05, 0) is 36.6 Å². The smallest absolute Gasteiger partial charge is 0.244 e. The zero-order valence-electron chi connectivity index (χ0n) is 10.7. The summed E-state index contributed by atoms with van der Waals surface area (Å²) in [6.07, 6.45) is 8.85. The van der Waals surface area contributed by atoms with Gasteiger partial charge in [-0.1, -0.05) is 36.9 Å². The second-order valence-corrected chi connectivity index (χ2v) is 5.26. The summed E-state index contributed by atoms with van der Waals surface area (Å²) < 4.78 is 13.0. The summed E-state index contributed by atoms with van der Waals surface area (Å²) >= 11 is 5.68. The molecule has 0 heterocycles. The summed E-state index contributed by atoms with van der Waals surface area (Å²) in [7, 11) is 0. The molecule has 1 fully saturated rings. The minimum absolute atomic E-state index is 0.0647. The van der Waals surface area contributed by atoms with Crippen LogP contribution in [0.3, 0.4) is 0 Å². The molecule has 0 aromatic heterocycles. The van der Waals surface area contributed by atoms with Gasteiger partial charge < -0.3 is 5.32 Å². The molecule has 1 aliphatic carbocycles. The summed E-state index contributed by atoms with van der Waals surface area (Å²) in [5.41, 5.74) is 0.713. The Morgan fingerprint density at radius 2 is 2.05 bits per heavy atom. The highest BCUT2D eigenvalue weighted by atomic mass is 35.5. The molecule has 0 radical (unpaired) electrons. The number of hydrogen-bond acceptors (Lipinski definition) is 1. The van der Waals surface area contributed by atoms with Gasteiger partial charge in [-0.2, -0.15) is 0 Å². The Morgan fingerprint density at radius 1 is 1.32 bits per heavy atom. The van der Waals surface area contributed by atoms with Crippen molar-refractivity contribution in [1.82, 2.24) is 5.32 Å². The van der Waals surface area contributed by atoms with Crippen molar-refractivity contribution in [2.75, 3.05) is 0 Å². The van der Waals surface area contributed by atoms with Gasteiger partial charge >= 0.3 is 0 Å². The minimum Gasteiger partial charge on any atom is -0.350 e. The fourth-order valence-electron chi connectivity index (χ4n) is 2.28. The number of rotatable bonds is 3. The van der Waals surface area contributed by atoms with Gasteiger partial charge in [-0.3, -0.25) is 4.79 Å². The monoisotopic (exact) mass is 281 g/mol. The number of halogens is 2. The normalized spacial score (nSPS) is 16.7. The molecule has 1 N–H and O–H groups in total. The first kappa shape index (κ1) is 14.1. The van der Waals surface area contributed by atoms with Gasteiger partial charge in [0.15, 0.2) is 0 Å². The van der Waals surface area contributed by atoms with Crippen LogP contribution >= 0.6 is 11.6 Å². The molecule has 1 aromatic carbocycles. The third-order valence-electron chi connectivity index (χ3n) is 3.32. The van der Waals surface area contributed by atoms with Crippen LogP contribution in [0, 0.1) is 5.82 Å². The lowest BCUT2D eigenvalue weighted by Gasteiger charge is -2.21. The molecular formula is C15H17ClFNO. The number of nitrogens with one attached hydrogen (secondary N) is 1. The molecular weight excluding hydrogens is 265 g/mol. The Balaban J connectivity index is 1.90. The fraction of sp³-hybridized carbons (Fsp3) is 0.400. The van der Waals surface area contributed by atoms with Crippen molar-refractivity contribution in [3.8, 4) is 0 Å². The highest BCUT2D eigenvalue weighted by molar-refractivity contribution is 6.30. The van der Waals surface area contributed by atoms with Crippen LogP contribution in [0.5, 0.6) is 0 Å². The van der Waals surface area contributed by atoms with Gasteiger partial charge in [0.2, 0.25) is 5.91 Å². The van der Waals surface area contributed by atoms with E-state index in [0.29, 0.717) is 11.6 Å². The van der Waals surface area contributed by atoms with Crippen LogP contribution in [0.2, 0.25) is 5.02 Å². The topological polar surface area (TPSA) is 29.1 Å². The molecule has 2 nitrogen and oxygen atoms in total. The maximum atomic E-state index is 13.0. The molecule has 1 aromatic rings. The standard InChI is InChI=1S/C15H17ClFNO/c16-13-10-11(6-8-14(13)17)7-9-15(19)18-12-4-2-1-3-5-12/h6-10,12H,1-5H2,(H,18,19). The van der Waals surface area contributed by atoms with Crippen molar-refractivity contribution in [3.63, 3.8) is 0 Å². The SMILES string of the molecule is O=C(C=Cc1ccc(F)c(Cl)c1)NC1CCCCC1. The lowest BCUT2D eigenvalue weighted by Crippen LogP contribution is -2.34. The van der Waals surface area contributed by atoms with Crippen LogP contribution in [0.15, 0.2) is 24.3 Å². The van der Waals surface area contributed by atoms with Gasteiger partial charge in [-0.15, -0.1) is 0 Å². The second-order valence-electron chi connectivity index (χ2n) is 4.85. The molecule has 4 heteroatoms. The Kier molecular flexibility index (Phi) is 4.97. The predicted molar refractivity (Wildman–Crippen MR) is 75.5 cm³/mol. The first-order valence-corrected chi connectivity index (χ1v) is 6.96. The maximum Gasteiger partial charge on any atom is 0.244 e. The fourth-order valence-corrected chi connectivity index (χ4v) is 2.47. The van der Waals surface area contributed by atoms with Gasteiger partial charge in [-0.25, -0.2) is 4.39 Å². The lowest BCUT2D eigenvalue weighted by molar-refractivity contribution is -0.117. The average Bonchev–Trinajstić information content (AvgIpc) is 2.41. The first-order chi connectivity index (χ1) is 9.15. The summed E-state index contributed by atoms with van der Waals surface area (Å²) in [5.74, 6) is -0.558. The van der Waals surface area contributed by atoms with E-state index in [4.69, 9.17) is 11.6 Å². The van der Waals surface area contributed by atoms with Crippen molar-refractivity contribution < 1.29 is 9.18 Å². The average molecular weight is 282 g/mol. The molecule has 19 heavy (non-hydrogen) atoms. The predicted octanol–water partition coefficient (Wildman–Crippen LogP) is 3.94. The largest absolute Gasteiger partial charge is 0.350 e. The zero-order chi connectivity index (χ0) is 13.7. The van der Waals surface area contributed by atoms with Crippen molar-refractivity contribution in [3.05, 3.63) is 40.7 Å². The number of benzene rings is 1. The molecule has 1 amide bonds. The Hall–Kier alpha value is -1.35. The third-order valence-corrected chi connectivity index (χ3v) is 3.61. The molecule has 1 aliphatic rings. The van der Waals surface area contributed by atoms with Crippen LogP contribution in [0.1, 0.15) is 37.7 Å². The Bertz CT molecular complexity index is 481. The molecule has 0 atom stereocenters. The summed E-state index contributed by atoms with van der Waals surface area (Å²) in [6.45, 7) is 0. The van der Waals surface area contributed by atoms with Gasteiger partial charge in [0.05, 0.1) is 5.02 Å². The number of hydrogen-bond donors (Lipinski definition) is 1. The molecule has 0 spiro atoms. The van der Waals surface area contributed by atoms with Crippen molar-refractivity contribution in [2.45, 2.75) is 38.1 Å². The summed E-state index contributed by atoms with van der Waals surface area (Å²) in [5, 5.41) is 3.05. The Morgan fingerprint density at radius 3 is 2.74 bits per heavy atom. The summed E-state index contributed by atoms with van der Waals surface area (Å²) in [4.78, 5) is 11.7. The minimum atomic E-state index is -0.453. The van der Waals surface area contributed by atoms with E-state index in [0.717, 1.165) is 12.8 Å². The van der Waals surface area contributed by atoms with E-state index < -0.39 is 5.82 Å². The molecule has 2 rings (SSSR count). The van der Waals surface area contributed by atoms with Crippen LogP contribution in [-0.4, -0.2) is 11.9 Å². The van der Waals surface area contributed by atoms with E-state index in [2.05, 4.69) is 5.32 Å². The van der Waals surface area contributed by atoms with Crippen molar-refractivity contribution in [2.24, 2.45) is 0 Å². The molecule has 0 aliphatic heterocycles. The van der Waals surface area contributed by atoms with E-state index in [1.165, 1.54) is 37.5 Å².